The number of hydrogen-bond acceptors (Lipinski definition) is 3. The third-order valence-electron chi connectivity index (χ3n) is 3.36. The third kappa shape index (κ3) is 3.53. The molecule has 3 nitrogen and oxygen atoms in total. The van der Waals surface area contributed by atoms with Crippen LogP contribution in [0.25, 0.3) is 0 Å². The molecule has 1 aliphatic rings. The lowest BCUT2D eigenvalue weighted by atomic mass is 10.1. The highest BCUT2D eigenvalue weighted by atomic mass is 32.2. The Kier molecular flexibility index (Phi) is 4.69. The second-order valence-corrected chi connectivity index (χ2v) is 6.04. The van der Waals surface area contributed by atoms with Crippen molar-refractivity contribution in [2.75, 3.05) is 19.3 Å². The Hall–Kier alpha value is -1.51. The highest BCUT2D eigenvalue weighted by molar-refractivity contribution is 8.00. The van der Waals surface area contributed by atoms with Gasteiger partial charge in [-0.25, -0.2) is 4.39 Å². The summed E-state index contributed by atoms with van der Waals surface area (Å²) in [5.41, 5.74) is 5.92. The Morgan fingerprint density at radius 3 is 2.90 bits per heavy atom. The molecule has 0 radical (unpaired) electrons. The number of carbonyl (C=O) groups excluding carboxylic acids is 1. The molecule has 0 aliphatic heterocycles. The molecule has 1 amide bonds. The van der Waals surface area contributed by atoms with Gasteiger partial charge in [0.25, 0.3) is 5.91 Å². The molecule has 0 heterocycles. The highest BCUT2D eigenvalue weighted by Crippen LogP contribution is 2.46. The summed E-state index contributed by atoms with van der Waals surface area (Å²) in [6.07, 6.45) is 4.22. The Bertz CT molecular complexity index is 573. The summed E-state index contributed by atoms with van der Waals surface area (Å²) in [7, 11) is 0. The van der Waals surface area contributed by atoms with Crippen LogP contribution in [0.2, 0.25) is 0 Å². The van der Waals surface area contributed by atoms with Crippen molar-refractivity contribution in [2.45, 2.75) is 17.6 Å². The van der Waals surface area contributed by atoms with Gasteiger partial charge in [-0.05, 0) is 37.3 Å². The first-order valence-electron chi connectivity index (χ1n) is 6.42. The lowest BCUT2D eigenvalue weighted by Gasteiger charge is -2.13. The van der Waals surface area contributed by atoms with E-state index in [0.717, 1.165) is 12.8 Å². The summed E-state index contributed by atoms with van der Waals surface area (Å²) in [4.78, 5) is 12.0. The molecule has 1 aromatic carbocycles. The zero-order chi connectivity index (χ0) is 14.6. The van der Waals surface area contributed by atoms with E-state index < -0.39 is 5.82 Å². The number of hydrogen-bond donors (Lipinski definition) is 2. The van der Waals surface area contributed by atoms with Crippen LogP contribution in [0, 0.1) is 17.7 Å². The number of nitrogens with two attached hydrogens (primary N) is 1. The number of rotatable bonds is 4. The van der Waals surface area contributed by atoms with Crippen molar-refractivity contribution < 1.29 is 9.18 Å². The Morgan fingerprint density at radius 2 is 2.30 bits per heavy atom. The van der Waals surface area contributed by atoms with Crippen molar-refractivity contribution in [2.24, 2.45) is 5.73 Å². The maximum atomic E-state index is 13.7. The van der Waals surface area contributed by atoms with Gasteiger partial charge in [-0.1, -0.05) is 11.8 Å². The molecule has 2 rings (SSSR count). The monoisotopic (exact) mass is 292 g/mol. The minimum absolute atomic E-state index is 0.0331. The molecular formula is C15H17FN2OS. The number of benzene rings is 1. The average Bonchev–Trinajstić information content (AvgIpc) is 3.24. The molecular weight excluding hydrogens is 275 g/mol. The lowest BCUT2D eigenvalue weighted by Crippen LogP contribution is -2.32. The Labute approximate surface area is 122 Å². The maximum absolute atomic E-state index is 13.7. The summed E-state index contributed by atoms with van der Waals surface area (Å²) >= 11 is 1.75. The second kappa shape index (κ2) is 6.29. The van der Waals surface area contributed by atoms with Crippen LogP contribution in [0.1, 0.15) is 28.8 Å². The third-order valence-corrected chi connectivity index (χ3v) is 4.78. The molecule has 3 N–H and O–H groups in total. The van der Waals surface area contributed by atoms with E-state index in [4.69, 9.17) is 5.73 Å². The van der Waals surface area contributed by atoms with Gasteiger partial charge in [0.1, 0.15) is 5.82 Å². The van der Waals surface area contributed by atoms with Gasteiger partial charge in [-0.15, -0.1) is 0 Å². The van der Waals surface area contributed by atoms with E-state index in [1.54, 1.807) is 17.8 Å². The van der Waals surface area contributed by atoms with Gasteiger partial charge in [0.05, 0.1) is 12.1 Å². The smallest absolute Gasteiger partial charge is 0.254 e. The predicted octanol–water partition coefficient (Wildman–Crippen LogP) is 1.76. The Balaban J connectivity index is 2.08. The van der Waals surface area contributed by atoms with E-state index in [1.807, 2.05) is 6.26 Å². The van der Waals surface area contributed by atoms with Crippen LogP contribution in [0.4, 0.5) is 4.39 Å². The van der Waals surface area contributed by atoms with Crippen LogP contribution in [0.5, 0.6) is 0 Å². The van der Waals surface area contributed by atoms with Crippen molar-refractivity contribution in [3.63, 3.8) is 0 Å². The normalized spacial score (nSPS) is 15.2. The molecule has 0 bridgehead atoms. The van der Waals surface area contributed by atoms with E-state index in [0.29, 0.717) is 12.1 Å². The molecule has 0 atom stereocenters. The van der Waals surface area contributed by atoms with Gasteiger partial charge < -0.3 is 11.1 Å². The number of halogens is 1. The summed E-state index contributed by atoms with van der Waals surface area (Å²) in [5, 5.41) is 2.80. The minimum Gasteiger partial charge on any atom is -0.351 e. The largest absolute Gasteiger partial charge is 0.351 e. The maximum Gasteiger partial charge on any atom is 0.254 e. The molecule has 0 unspecified atom stereocenters. The van der Waals surface area contributed by atoms with Crippen LogP contribution in [0.15, 0.2) is 18.2 Å². The fraction of sp³-hybridized carbons (Fsp3) is 0.400. The zero-order valence-electron chi connectivity index (χ0n) is 11.3. The standard InChI is InChI=1S/C15H17FN2OS/c1-20-15(6-7-15)10-18-14(19)12-9-11(3-2-8-17)4-5-13(12)16/h4-5,9H,6-8,10,17H2,1H3,(H,18,19). The molecule has 1 fully saturated rings. The number of amides is 1. The first-order valence-corrected chi connectivity index (χ1v) is 7.64. The molecule has 0 spiro atoms. The van der Waals surface area contributed by atoms with Gasteiger partial charge in [-0.2, -0.15) is 11.8 Å². The van der Waals surface area contributed by atoms with Gasteiger partial charge in [0, 0.05) is 16.9 Å². The predicted molar refractivity (Wildman–Crippen MR) is 80.1 cm³/mol. The number of thioether (sulfide) groups is 1. The topological polar surface area (TPSA) is 55.1 Å². The molecule has 1 aromatic rings. The molecule has 5 heteroatoms. The van der Waals surface area contributed by atoms with Crippen LogP contribution < -0.4 is 11.1 Å². The fourth-order valence-electron chi connectivity index (χ4n) is 1.86. The molecule has 106 valence electrons. The fourth-order valence-corrected chi connectivity index (χ4v) is 2.59. The molecule has 0 saturated heterocycles. The van der Waals surface area contributed by atoms with Crippen molar-refractivity contribution >= 4 is 17.7 Å². The molecule has 0 aromatic heterocycles. The van der Waals surface area contributed by atoms with Crippen LogP contribution >= 0.6 is 11.8 Å². The second-order valence-electron chi connectivity index (χ2n) is 4.77. The molecule has 1 aliphatic carbocycles. The first kappa shape index (κ1) is 14.9. The summed E-state index contributed by atoms with van der Waals surface area (Å²) in [6.45, 7) is 0.806. The summed E-state index contributed by atoms with van der Waals surface area (Å²) in [6, 6.07) is 4.27. The zero-order valence-corrected chi connectivity index (χ0v) is 12.1. The number of carbonyl (C=O) groups is 1. The van der Waals surface area contributed by atoms with Gasteiger partial charge in [0.2, 0.25) is 0 Å². The van der Waals surface area contributed by atoms with Gasteiger partial charge >= 0.3 is 0 Å². The highest BCUT2D eigenvalue weighted by Gasteiger charge is 2.42. The van der Waals surface area contributed by atoms with Crippen molar-refractivity contribution in [3.8, 4) is 11.8 Å². The first-order chi connectivity index (χ1) is 9.60. The van der Waals surface area contributed by atoms with Crippen LogP contribution in [0.3, 0.4) is 0 Å². The SMILES string of the molecule is CSC1(CNC(=O)c2cc(C#CCN)ccc2F)CC1. The molecule has 20 heavy (non-hydrogen) atoms. The van der Waals surface area contributed by atoms with Crippen molar-refractivity contribution in [1.29, 1.82) is 0 Å². The van der Waals surface area contributed by atoms with E-state index >= 15 is 0 Å². The number of nitrogens with one attached hydrogen (secondary N) is 1. The van der Waals surface area contributed by atoms with E-state index in [-0.39, 0.29) is 22.8 Å². The average molecular weight is 292 g/mol. The minimum atomic E-state index is -0.533. The lowest BCUT2D eigenvalue weighted by molar-refractivity contribution is 0.0949. The Morgan fingerprint density at radius 1 is 1.55 bits per heavy atom. The quantitative estimate of drug-likeness (QED) is 0.832. The van der Waals surface area contributed by atoms with Crippen molar-refractivity contribution in [1.82, 2.24) is 5.32 Å². The van der Waals surface area contributed by atoms with E-state index in [9.17, 15) is 9.18 Å². The van der Waals surface area contributed by atoms with Crippen LogP contribution in [-0.4, -0.2) is 30.0 Å². The van der Waals surface area contributed by atoms with Crippen molar-refractivity contribution in [3.05, 3.63) is 35.1 Å². The summed E-state index contributed by atoms with van der Waals surface area (Å²) in [5.74, 6) is 4.56. The van der Waals surface area contributed by atoms with Gasteiger partial charge in [-0.3, -0.25) is 4.79 Å². The van der Waals surface area contributed by atoms with Crippen LogP contribution in [-0.2, 0) is 0 Å². The van der Waals surface area contributed by atoms with Gasteiger partial charge in [0.15, 0.2) is 0 Å². The van der Waals surface area contributed by atoms with E-state index in [1.165, 1.54) is 12.1 Å². The molecule has 1 saturated carbocycles. The van der Waals surface area contributed by atoms with E-state index in [2.05, 4.69) is 17.2 Å². The summed E-state index contributed by atoms with van der Waals surface area (Å²) < 4.78 is 13.9.